The second kappa shape index (κ2) is 8.92. The largest absolute Gasteiger partial charge is 0.384 e. The maximum Gasteiger partial charge on any atom is 0.127 e. The van der Waals surface area contributed by atoms with Crippen LogP contribution in [-0.2, 0) is 22.4 Å². The molecule has 0 fully saturated rings. The molecule has 2 aromatic carbocycles. The summed E-state index contributed by atoms with van der Waals surface area (Å²) in [6, 6.07) is 11.2. The van der Waals surface area contributed by atoms with Gasteiger partial charge in [-0.3, -0.25) is 0 Å². The van der Waals surface area contributed by atoms with E-state index in [4.69, 9.17) is 9.57 Å². The number of hydrogen-bond acceptors (Lipinski definition) is 3. The van der Waals surface area contributed by atoms with Crippen molar-refractivity contribution in [2.24, 2.45) is 5.92 Å². The second-order valence-electron chi connectivity index (χ2n) is 9.42. The molecule has 3 nitrogen and oxygen atoms in total. The van der Waals surface area contributed by atoms with Crippen molar-refractivity contribution in [3.63, 3.8) is 0 Å². The highest BCUT2D eigenvalue weighted by Crippen LogP contribution is 2.41. The van der Waals surface area contributed by atoms with E-state index < -0.39 is 0 Å². The van der Waals surface area contributed by atoms with Crippen LogP contribution in [0.3, 0.4) is 0 Å². The van der Waals surface area contributed by atoms with Crippen LogP contribution < -0.4 is 5.06 Å². The molecule has 31 heavy (non-hydrogen) atoms. The minimum Gasteiger partial charge on any atom is -0.384 e. The van der Waals surface area contributed by atoms with Gasteiger partial charge in [0.15, 0.2) is 0 Å². The zero-order valence-corrected chi connectivity index (χ0v) is 19.7. The topological polar surface area (TPSA) is 21.7 Å². The molecule has 0 spiro atoms. The van der Waals surface area contributed by atoms with Crippen LogP contribution in [0.15, 0.2) is 48.2 Å². The summed E-state index contributed by atoms with van der Waals surface area (Å²) in [4.78, 5) is 6.54. The lowest BCUT2D eigenvalue weighted by Crippen LogP contribution is -2.31. The average molecular weight is 418 g/mol. The fourth-order valence-electron chi connectivity index (χ4n) is 4.90. The molecular formula is C28H35NO2. The summed E-state index contributed by atoms with van der Waals surface area (Å²) in [5.74, 6) is 1.47. The number of fused-ring (bicyclic) bond motifs is 5. The van der Waals surface area contributed by atoms with Gasteiger partial charge < -0.3 is 9.57 Å². The normalized spacial score (nSPS) is 22.5. The Morgan fingerprint density at radius 3 is 2.71 bits per heavy atom. The molecule has 0 bridgehead atoms. The van der Waals surface area contributed by atoms with Gasteiger partial charge in [-0.05, 0) is 80.9 Å². The van der Waals surface area contributed by atoms with E-state index in [1.54, 1.807) is 0 Å². The maximum atomic E-state index is 6.54. The monoisotopic (exact) mass is 417 g/mol. The minimum atomic E-state index is 0.0119. The second-order valence-corrected chi connectivity index (χ2v) is 9.42. The molecule has 2 aromatic rings. The summed E-state index contributed by atoms with van der Waals surface area (Å²) in [6.07, 6.45) is 8.65. The van der Waals surface area contributed by atoms with Crippen LogP contribution in [0.4, 0.5) is 5.69 Å². The third-order valence-corrected chi connectivity index (χ3v) is 6.15. The van der Waals surface area contributed by atoms with Gasteiger partial charge in [0, 0.05) is 5.56 Å². The van der Waals surface area contributed by atoms with Crippen molar-refractivity contribution < 1.29 is 9.57 Å². The number of ether oxygens (including phenoxy) is 1. The van der Waals surface area contributed by atoms with Crippen molar-refractivity contribution in [2.45, 2.75) is 66.5 Å². The first-order valence-electron chi connectivity index (χ1n) is 11.5. The molecule has 0 saturated heterocycles. The fraction of sp³-hybridized carbons (Fsp3) is 0.429. The van der Waals surface area contributed by atoms with Crippen molar-refractivity contribution in [1.82, 2.24) is 0 Å². The van der Waals surface area contributed by atoms with Crippen LogP contribution >= 0.6 is 0 Å². The number of nitrogens with zero attached hydrogens (tertiary/aromatic N) is 1. The minimum absolute atomic E-state index is 0.0119. The van der Waals surface area contributed by atoms with E-state index in [-0.39, 0.29) is 12.1 Å². The smallest absolute Gasteiger partial charge is 0.127 e. The fourth-order valence-corrected chi connectivity index (χ4v) is 4.90. The third kappa shape index (κ3) is 4.57. The summed E-state index contributed by atoms with van der Waals surface area (Å²) < 4.78 is 6.08. The number of allylic oxidation sites excluding steroid dienone is 1. The summed E-state index contributed by atoms with van der Waals surface area (Å²) in [5.41, 5.74) is 9.05. The van der Waals surface area contributed by atoms with E-state index in [1.807, 2.05) is 6.92 Å². The highest BCUT2D eigenvalue weighted by Gasteiger charge is 2.30. The van der Waals surface area contributed by atoms with Crippen molar-refractivity contribution in [3.8, 4) is 0 Å². The van der Waals surface area contributed by atoms with Crippen LogP contribution in [-0.4, -0.2) is 12.7 Å². The Hall–Kier alpha value is -2.52. The number of benzene rings is 2. The van der Waals surface area contributed by atoms with Gasteiger partial charge in [-0.25, -0.2) is 0 Å². The summed E-state index contributed by atoms with van der Waals surface area (Å²) >= 11 is 0. The number of rotatable bonds is 2. The average Bonchev–Trinajstić information content (AvgIpc) is 2.71. The predicted octanol–water partition coefficient (Wildman–Crippen LogP) is 6.87. The van der Waals surface area contributed by atoms with Gasteiger partial charge in [0.2, 0.25) is 0 Å². The third-order valence-electron chi connectivity index (χ3n) is 6.15. The Balaban J connectivity index is 1.89. The lowest BCUT2D eigenvalue weighted by molar-refractivity contribution is 0.0942. The Labute approximate surface area is 187 Å². The van der Waals surface area contributed by atoms with E-state index in [9.17, 15) is 0 Å². The molecule has 0 aromatic heterocycles. The van der Waals surface area contributed by atoms with Crippen LogP contribution in [0.5, 0.6) is 0 Å². The van der Waals surface area contributed by atoms with Crippen molar-refractivity contribution in [3.05, 3.63) is 81.6 Å². The van der Waals surface area contributed by atoms with Gasteiger partial charge in [0.1, 0.15) is 11.8 Å². The lowest BCUT2D eigenvalue weighted by atomic mass is 9.88. The van der Waals surface area contributed by atoms with Crippen molar-refractivity contribution >= 4 is 11.8 Å². The van der Waals surface area contributed by atoms with E-state index in [0.717, 1.165) is 24.3 Å². The SMILES string of the molecule is C/C1=C/C(C)OCCc2c(C)cc(C)cc2C2C=Cc3c(CC(C)C)cccc3N2O1. The van der Waals surface area contributed by atoms with Crippen LogP contribution in [0.2, 0.25) is 0 Å². The molecule has 2 aliphatic rings. The summed E-state index contributed by atoms with van der Waals surface area (Å²) in [6.45, 7) is 13.7. The zero-order chi connectivity index (χ0) is 22.1. The molecule has 3 heteroatoms. The Kier molecular flexibility index (Phi) is 6.24. The van der Waals surface area contributed by atoms with Gasteiger partial charge in [-0.15, -0.1) is 0 Å². The summed E-state index contributed by atoms with van der Waals surface area (Å²) in [5, 5.41) is 2.11. The molecule has 2 aliphatic heterocycles. The molecule has 0 N–H and O–H groups in total. The van der Waals surface area contributed by atoms with E-state index in [2.05, 4.69) is 88.2 Å². The van der Waals surface area contributed by atoms with Gasteiger partial charge >= 0.3 is 0 Å². The van der Waals surface area contributed by atoms with E-state index in [1.165, 1.54) is 33.4 Å². The maximum absolute atomic E-state index is 6.54. The molecule has 0 saturated carbocycles. The van der Waals surface area contributed by atoms with Gasteiger partial charge in [-0.2, -0.15) is 5.06 Å². The Bertz CT molecular complexity index is 1020. The number of hydroxylamine groups is 1. The van der Waals surface area contributed by atoms with E-state index in [0.29, 0.717) is 12.5 Å². The van der Waals surface area contributed by atoms with Crippen LogP contribution in [0.25, 0.3) is 6.08 Å². The molecule has 2 atom stereocenters. The molecule has 164 valence electrons. The van der Waals surface area contributed by atoms with Crippen LogP contribution in [0.1, 0.15) is 67.1 Å². The molecule has 4 rings (SSSR count). The lowest BCUT2D eigenvalue weighted by Gasteiger charge is -2.37. The van der Waals surface area contributed by atoms with E-state index >= 15 is 0 Å². The molecule has 0 amide bonds. The first-order chi connectivity index (χ1) is 14.8. The number of aryl methyl sites for hydroxylation is 2. The van der Waals surface area contributed by atoms with Crippen molar-refractivity contribution in [1.29, 1.82) is 0 Å². The highest BCUT2D eigenvalue weighted by atomic mass is 16.7. The molecule has 0 aliphatic carbocycles. The zero-order valence-electron chi connectivity index (χ0n) is 19.7. The first kappa shape index (κ1) is 21.7. The highest BCUT2D eigenvalue weighted by molar-refractivity contribution is 5.75. The Morgan fingerprint density at radius 2 is 1.94 bits per heavy atom. The van der Waals surface area contributed by atoms with Gasteiger partial charge in [0.25, 0.3) is 0 Å². The quantitative estimate of drug-likeness (QED) is 0.532. The standard InChI is InChI=1S/C28H35NO2/c1-18(2)14-23-8-7-9-27-25(23)10-11-28-26-16-19(3)15-20(4)24(26)12-13-30-21(5)17-22(6)31-29(27)28/h7-11,15-18,21,28H,12-14H2,1-6H3/b22-17-. The predicted molar refractivity (Wildman–Crippen MR) is 129 cm³/mol. The van der Waals surface area contributed by atoms with Crippen LogP contribution in [0, 0.1) is 19.8 Å². The molecule has 0 radical (unpaired) electrons. The van der Waals surface area contributed by atoms with Gasteiger partial charge in [-0.1, -0.05) is 55.8 Å². The molecule has 2 unspecified atom stereocenters. The summed E-state index contributed by atoms with van der Waals surface area (Å²) in [7, 11) is 0. The Morgan fingerprint density at radius 1 is 1.13 bits per heavy atom. The van der Waals surface area contributed by atoms with Crippen molar-refractivity contribution in [2.75, 3.05) is 11.7 Å². The molecular weight excluding hydrogens is 382 g/mol. The molecule has 2 heterocycles. The van der Waals surface area contributed by atoms with Gasteiger partial charge in [0.05, 0.1) is 18.4 Å². The number of hydrogen-bond donors (Lipinski definition) is 0. The first-order valence-corrected chi connectivity index (χ1v) is 11.5. The number of anilines is 1.